The molecule has 90 valence electrons. The van der Waals surface area contributed by atoms with E-state index in [1.807, 2.05) is 18.2 Å². The average Bonchev–Trinajstić information content (AvgIpc) is 2.36. The van der Waals surface area contributed by atoms with E-state index in [0.29, 0.717) is 5.33 Å². The second-order valence-corrected chi connectivity index (χ2v) is 4.20. The lowest BCUT2D eigenvalue weighted by atomic mass is 9.95. The van der Waals surface area contributed by atoms with Crippen LogP contribution in [0.3, 0.4) is 0 Å². The molecule has 0 heterocycles. The van der Waals surface area contributed by atoms with Crippen molar-refractivity contribution in [3.05, 3.63) is 60.4 Å². The molecule has 17 heavy (non-hydrogen) atoms. The molecular weight excluding hydrogens is 278 g/mol. The zero-order chi connectivity index (χ0) is 12.7. The molecular formula is C14H16BrNO. The molecule has 1 amide bonds. The van der Waals surface area contributed by atoms with Gasteiger partial charge in [0.2, 0.25) is 5.91 Å². The number of carbonyl (C=O) groups is 1. The number of rotatable bonds is 5. The Kier molecular flexibility index (Phi) is 5.70. The molecule has 0 unspecified atom stereocenters. The number of halogens is 1. The van der Waals surface area contributed by atoms with Crippen LogP contribution in [0.25, 0.3) is 0 Å². The normalized spacial score (nSPS) is 15.1. The molecule has 3 heteroatoms. The number of carbonyl (C=O) groups excluding carboxylic acids is 1. The first-order chi connectivity index (χ1) is 8.19. The lowest BCUT2D eigenvalue weighted by Gasteiger charge is -2.17. The van der Waals surface area contributed by atoms with Crippen LogP contribution in [0.15, 0.2) is 60.4 Å². The molecule has 0 atom stereocenters. The fourth-order valence-corrected chi connectivity index (χ4v) is 1.72. The van der Waals surface area contributed by atoms with Gasteiger partial charge < -0.3 is 5.32 Å². The Hall–Kier alpha value is -1.35. The van der Waals surface area contributed by atoms with Crippen LogP contribution in [0.5, 0.6) is 0 Å². The summed E-state index contributed by atoms with van der Waals surface area (Å²) in [6.45, 7) is 7.63. The van der Waals surface area contributed by atoms with Gasteiger partial charge in [0.25, 0.3) is 0 Å². The van der Waals surface area contributed by atoms with E-state index in [-0.39, 0.29) is 5.91 Å². The topological polar surface area (TPSA) is 29.1 Å². The van der Waals surface area contributed by atoms with Crippen molar-refractivity contribution in [3.8, 4) is 0 Å². The van der Waals surface area contributed by atoms with Crippen molar-refractivity contribution in [1.29, 1.82) is 0 Å². The van der Waals surface area contributed by atoms with Crippen molar-refractivity contribution >= 4 is 21.8 Å². The molecule has 1 N–H and O–H groups in total. The number of amides is 1. The summed E-state index contributed by atoms with van der Waals surface area (Å²) < 4.78 is 0. The van der Waals surface area contributed by atoms with E-state index in [1.54, 1.807) is 6.08 Å². The zero-order valence-corrected chi connectivity index (χ0v) is 11.3. The fraction of sp³-hybridized carbons (Fsp3) is 0.214. The Morgan fingerprint density at radius 1 is 1.59 bits per heavy atom. The van der Waals surface area contributed by atoms with Gasteiger partial charge >= 0.3 is 0 Å². The minimum atomic E-state index is -0.0513. The summed E-state index contributed by atoms with van der Waals surface area (Å²) >= 11 is 3.13. The van der Waals surface area contributed by atoms with Gasteiger partial charge in [-0.05, 0) is 30.1 Å². The van der Waals surface area contributed by atoms with Gasteiger partial charge in [0.1, 0.15) is 0 Å². The van der Waals surface area contributed by atoms with Gasteiger partial charge in [-0.15, -0.1) is 0 Å². The third kappa shape index (κ3) is 4.19. The standard InChI is InChI=1S/C14H16BrNO/c1-3-4-7-11(2)12-8-5-6-9-13(12)16-14(17)10-15/h3-4,6-7,9H,1-2,5,8,10H2,(H,16,17)/b7-4-. The highest BCUT2D eigenvalue weighted by molar-refractivity contribution is 9.09. The Morgan fingerprint density at radius 2 is 2.35 bits per heavy atom. The van der Waals surface area contributed by atoms with Crippen LogP contribution in [0, 0.1) is 0 Å². The first-order valence-corrected chi connectivity index (χ1v) is 6.55. The van der Waals surface area contributed by atoms with Crippen molar-refractivity contribution in [2.45, 2.75) is 12.8 Å². The third-order valence-electron chi connectivity index (χ3n) is 2.39. The van der Waals surface area contributed by atoms with Gasteiger partial charge in [0.15, 0.2) is 0 Å². The van der Waals surface area contributed by atoms with Crippen LogP contribution in [0.2, 0.25) is 0 Å². The average molecular weight is 294 g/mol. The second kappa shape index (κ2) is 7.07. The van der Waals surface area contributed by atoms with Crippen molar-refractivity contribution in [2.24, 2.45) is 0 Å². The maximum atomic E-state index is 11.4. The van der Waals surface area contributed by atoms with Crippen LogP contribution in [-0.4, -0.2) is 11.2 Å². The van der Waals surface area contributed by atoms with Crippen LogP contribution in [0.1, 0.15) is 12.8 Å². The van der Waals surface area contributed by atoms with E-state index >= 15 is 0 Å². The van der Waals surface area contributed by atoms with Crippen LogP contribution in [0.4, 0.5) is 0 Å². The van der Waals surface area contributed by atoms with Crippen molar-refractivity contribution in [2.75, 3.05) is 5.33 Å². The Bertz CT molecular complexity index is 416. The number of hydrogen-bond donors (Lipinski definition) is 1. The molecule has 1 aliphatic carbocycles. The van der Waals surface area contributed by atoms with E-state index in [4.69, 9.17) is 0 Å². The number of alkyl halides is 1. The summed E-state index contributed by atoms with van der Waals surface area (Å²) in [7, 11) is 0. The molecule has 1 rings (SSSR count). The van der Waals surface area contributed by atoms with E-state index in [9.17, 15) is 4.79 Å². The van der Waals surface area contributed by atoms with Crippen LogP contribution in [-0.2, 0) is 4.79 Å². The van der Waals surface area contributed by atoms with E-state index in [1.165, 1.54) is 0 Å². The number of allylic oxidation sites excluding steroid dienone is 7. The molecule has 0 saturated heterocycles. The van der Waals surface area contributed by atoms with Gasteiger partial charge in [-0.25, -0.2) is 0 Å². The molecule has 0 fully saturated rings. The largest absolute Gasteiger partial charge is 0.325 e. The number of nitrogens with one attached hydrogen (secondary N) is 1. The monoisotopic (exact) mass is 293 g/mol. The Labute approximate surface area is 111 Å². The maximum Gasteiger partial charge on any atom is 0.235 e. The molecule has 0 bridgehead atoms. The van der Waals surface area contributed by atoms with E-state index in [2.05, 4.69) is 40.5 Å². The highest BCUT2D eigenvalue weighted by atomic mass is 79.9. The van der Waals surface area contributed by atoms with Crippen molar-refractivity contribution in [1.82, 2.24) is 5.32 Å². The lowest BCUT2D eigenvalue weighted by molar-refractivity contribution is -0.117. The summed E-state index contributed by atoms with van der Waals surface area (Å²) in [5, 5.41) is 3.16. The molecule has 0 aromatic rings. The van der Waals surface area contributed by atoms with Gasteiger partial charge in [-0.1, -0.05) is 53.4 Å². The van der Waals surface area contributed by atoms with Gasteiger partial charge in [0, 0.05) is 5.70 Å². The van der Waals surface area contributed by atoms with Crippen molar-refractivity contribution in [3.63, 3.8) is 0 Å². The van der Waals surface area contributed by atoms with Crippen molar-refractivity contribution < 1.29 is 4.79 Å². The molecule has 0 spiro atoms. The molecule has 0 radical (unpaired) electrons. The molecule has 0 aliphatic heterocycles. The Morgan fingerprint density at radius 3 is 3.00 bits per heavy atom. The second-order valence-electron chi connectivity index (χ2n) is 3.64. The Balaban J connectivity index is 2.91. The first kappa shape index (κ1) is 13.7. The first-order valence-electron chi connectivity index (χ1n) is 5.43. The predicted octanol–water partition coefficient (Wildman–Crippen LogP) is 3.40. The van der Waals surface area contributed by atoms with Crippen LogP contribution < -0.4 is 5.32 Å². The summed E-state index contributed by atoms with van der Waals surface area (Å²) in [5.74, 6) is -0.0513. The quantitative estimate of drug-likeness (QED) is 0.611. The van der Waals surface area contributed by atoms with E-state index in [0.717, 1.165) is 29.7 Å². The minimum absolute atomic E-state index is 0.0513. The van der Waals surface area contributed by atoms with Gasteiger partial charge in [-0.2, -0.15) is 0 Å². The highest BCUT2D eigenvalue weighted by Crippen LogP contribution is 2.24. The predicted molar refractivity (Wildman–Crippen MR) is 75.8 cm³/mol. The van der Waals surface area contributed by atoms with Gasteiger partial charge in [0.05, 0.1) is 5.33 Å². The molecule has 1 aliphatic rings. The fourth-order valence-electron chi connectivity index (χ4n) is 1.58. The highest BCUT2D eigenvalue weighted by Gasteiger charge is 2.11. The minimum Gasteiger partial charge on any atom is -0.325 e. The summed E-state index contributed by atoms with van der Waals surface area (Å²) in [5.41, 5.74) is 2.85. The third-order valence-corrected chi connectivity index (χ3v) is 2.90. The molecule has 0 aromatic heterocycles. The molecule has 0 aromatic carbocycles. The summed E-state index contributed by atoms with van der Waals surface area (Å²) in [6.07, 6.45) is 11.3. The molecule has 0 saturated carbocycles. The lowest BCUT2D eigenvalue weighted by Crippen LogP contribution is -2.25. The van der Waals surface area contributed by atoms with Crippen LogP contribution >= 0.6 is 15.9 Å². The van der Waals surface area contributed by atoms with E-state index < -0.39 is 0 Å². The van der Waals surface area contributed by atoms with Gasteiger partial charge in [-0.3, -0.25) is 4.79 Å². The summed E-state index contributed by atoms with van der Waals surface area (Å²) in [4.78, 5) is 11.4. The smallest absolute Gasteiger partial charge is 0.235 e. The summed E-state index contributed by atoms with van der Waals surface area (Å²) in [6, 6.07) is 0. The molecule has 2 nitrogen and oxygen atoms in total. The zero-order valence-electron chi connectivity index (χ0n) is 9.71. The number of hydrogen-bond acceptors (Lipinski definition) is 1. The maximum absolute atomic E-state index is 11.4. The SMILES string of the molecule is C=C/C=C\C(=C)C1=C(NC(=O)CBr)C=CCC1.